The minimum absolute atomic E-state index is 0.0165. The number of pyridine rings is 1. The van der Waals surface area contributed by atoms with Gasteiger partial charge < -0.3 is 10.4 Å². The van der Waals surface area contributed by atoms with Gasteiger partial charge in [0.05, 0.1) is 11.8 Å². The van der Waals surface area contributed by atoms with Gasteiger partial charge in [0.1, 0.15) is 5.82 Å². The summed E-state index contributed by atoms with van der Waals surface area (Å²) in [6.45, 7) is 7.01. The van der Waals surface area contributed by atoms with E-state index in [1.165, 1.54) is 12.3 Å². The van der Waals surface area contributed by atoms with E-state index in [1.807, 2.05) is 6.92 Å². The van der Waals surface area contributed by atoms with E-state index in [-0.39, 0.29) is 11.9 Å². The molecular formula is C16H25FN2O. The number of nitrogens with zero attached hydrogens (tertiary/aromatic N) is 1. The van der Waals surface area contributed by atoms with Crippen molar-refractivity contribution in [1.82, 2.24) is 10.3 Å². The van der Waals surface area contributed by atoms with Gasteiger partial charge in [0.15, 0.2) is 0 Å². The van der Waals surface area contributed by atoms with E-state index < -0.39 is 5.60 Å². The van der Waals surface area contributed by atoms with Crippen molar-refractivity contribution in [2.45, 2.75) is 58.1 Å². The van der Waals surface area contributed by atoms with Gasteiger partial charge in [-0.3, -0.25) is 4.98 Å². The molecule has 0 aliphatic heterocycles. The van der Waals surface area contributed by atoms with Crippen LogP contribution in [0.2, 0.25) is 0 Å². The average molecular weight is 280 g/mol. The number of aromatic nitrogens is 1. The van der Waals surface area contributed by atoms with E-state index in [4.69, 9.17) is 0 Å². The van der Waals surface area contributed by atoms with E-state index in [9.17, 15) is 9.50 Å². The molecule has 0 aromatic carbocycles. The van der Waals surface area contributed by atoms with E-state index >= 15 is 0 Å². The first-order valence-electron chi connectivity index (χ1n) is 7.36. The van der Waals surface area contributed by atoms with Gasteiger partial charge in [-0.15, -0.1) is 0 Å². The van der Waals surface area contributed by atoms with E-state index in [1.54, 1.807) is 6.20 Å². The maximum absolute atomic E-state index is 13.1. The van der Waals surface area contributed by atoms with Crippen molar-refractivity contribution >= 4 is 0 Å². The fourth-order valence-electron chi connectivity index (χ4n) is 2.69. The molecule has 1 heterocycles. The summed E-state index contributed by atoms with van der Waals surface area (Å²) in [5.41, 5.74) is 0.513. The number of halogens is 1. The van der Waals surface area contributed by atoms with Crippen molar-refractivity contribution in [2.75, 3.05) is 6.54 Å². The normalized spacial score (nSPS) is 22.4. The largest absolute Gasteiger partial charge is 0.389 e. The van der Waals surface area contributed by atoms with Gasteiger partial charge in [0.25, 0.3) is 0 Å². The van der Waals surface area contributed by atoms with Crippen LogP contribution in [0.15, 0.2) is 18.5 Å². The third-order valence-corrected chi connectivity index (χ3v) is 4.50. The van der Waals surface area contributed by atoms with Crippen molar-refractivity contribution < 1.29 is 9.50 Å². The number of nitrogens with one attached hydrogen (secondary N) is 1. The predicted molar refractivity (Wildman–Crippen MR) is 77.8 cm³/mol. The lowest BCUT2D eigenvalue weighted by molar-refractivity contribution is -0.0258. The molecule has 0 saturated heterocycles. The fourth-order valence-corrected chi connectivity index (χ4v) is 2.69. The number of aliphatic hydroxyl groups is 1. The van der Waals surface area contributed by atoms with Crippen LogP contribution in [0.1, 0.15) is 58.1 Å². The molecule has 1 aliphatic rings. The molecule has 0 spiro atoms. The lowest BCUT2D eigenvalue weighted by Crippen LogP contribution is -2.45. The molecule has 0 radical (unpaired) electrons. The van der Waals surface area contributed by atoms with Gasteiger partial charge in [0.2, 0.25) is 0 Å². The third-order valence-electron chi connectivity index (χ3n) is 4.50. The van der Waals surface area contributed by atoms with Crippen molar-refractivity contribution in [3.05, 3.63) is 29.8 Å². The van der Waals surface area contributed by atoms with Gasteiger partial charge in [-0.05, 0) is 49.7 Å². The number of rotatable bonds is 4. The quantitative estimate of drug-likeness (QED) is 0.890. The minimum Gasteiger partial charge on any atom is -0.389 e. The molecule has 4 heteroatoms. The van der Waals surface area contributed by atoms with E-state index in [0.29, 0.717) is 12.0 Å². The summed E-state index contributed by atoms with van der Waals surface area (Å²) in [5, 5.41) is 13.9. The Morgan fingerprint density at radius 1 is 1.30 bits per heavy atom. The molecule has 1 aromatic rings. The van der Waals surface area contributed by atoms with Crippen LogP contribution in [-0.4, -0.2) is 22.2 Å². The van der Waals surface area contributed by atoms with Crippen molar-refractivity contribution in [1.29, 1.82) is 0 Å². The molecule has 1 aliphatic carbocycles. The molecule has 1 saturated carbocycles. The Morgan fingerprint density at radius 3 is 2.55 bits per heavy atom. The number of hydrogen-bond donors (Lipinski definition) is 2. The first-order valence-corrected chi connectivity index (χ1v) is 7.36. The first kappa shape index (κ1) is 15.4. The maximum atomic E-state index is 13.1. The zero-order valence-electron chi connectivity index (χ0n) is 12.6. The molecule has 20 heavy (non-hydrogen) atoms. The summed E-state index contributed by atoms with van der Waals surface area (Å²) >= 11 is 0. The van der Waals surface area contributed by atoms with Crippen LogP contribution in [-0.2, 0) is 0 Å². The smallest absolute Gasteiger partial charge is 0.141 e. The van der Waals surface area contributed by atoms with E-state index in [2.05, 4.69) is 24.1 Å². The molecule has 2 rings (SSSR count). The molecule has 112 valence electrons. The third kappa shape index (κ3) is 4.00. The Labute approximate surface area is 120 Å². The molecule has 1 atom stereocenters. The van der Waals surface area contributed by atoms with E-state index in [0.717, 1.165) is 31.2 Å². The zero-order valence-corrected chi connectivity index (χ0v) is 12.6. The van der Waals surface area contributed by atoms with Crippen LogP contribution < -0.4 is 5.32 Å². The highest BCUT2D eigenvalue weighted by Gasteiger charge is 2.36. The highest BCUT2D eigenvalue weighted by Crippen LogP contribution is 2.40. The molecule has 3 nitrogen and oxygen atoms in total. The molecule has 2 N–H and O–H groups in total. The van der Waals surface area contributed by atoms with Crippen LogP contribution in [0.25, 0.3) is 0 Å². The molecule has 1 unspecified atom stereocenters. The fraction of sp³-hybridized carbons (Fsp3) is 0.688. The Bertz CT molecular complexity index is 452. The highest BCUT2D eigenvalue weighted by atomic mass is 19.1. The summed E-state index contributed by atoms with van der Waals surface area (Å²) < 4.78 is 13.1. The second-order valence-electron chi connectivity index (χ2n) is 6.93. The van der Waals surface area contributed by atoms with Gasteiger partial charge >= 0.3 is 0 Å². The standard InChI is InChI=1S/C16H25FN2O/c1-12(13-8-14(17)10-18-9-13)19-11-16(20)6-4-15(2,3)5-7-16/h8-10,12,19-20H,4-7,11H2,1-3H3. The van der Waals surface area contributed by atoms with Crippen molar-refractivity contribution in [3.8, 4) is 0 Å². The zero-order chi connectivity index (χ0) is 14.8. The Kier molecular flexibility index (Phi) is 4.45. The first-order chi connectivity index (χ1) is 9.30. The highest BCUT2D eigenvalue weighted by molar-refractivity contribution is 5.14. The monoisotopic (exact) mass is 280 g/mol. The Morgan fingerprint density at radius 2 is 1.95 bits per heavy atom. The van der Waals surface area contributed by atoms with Crippen LogP contribution in [0.3, 0.4) is 0 Å². The molecule has 1 aromatic heterocycles. The van der Waals surface area contributed by atoms with Crippen molar-refractivity contribution in [3.63, 3.8) is 0 Å². The van der Waals surface area contributed by atoms with Crippen LogP contribution in [0.4, 0.5) is 4.39 Å². The lowest BCUT2D eigenvalue weighted by atomic mass is 9.71. The Hall–Kier alpha value is -1.00. The number of hydrogen-bond acceptors (Lipinski definition) is 3. The van der Waals surface area contributed by atoms with Gasteiger partial charge in [-0.2, -0.15) is 0 Å². The maximum Gasteiger partial charge on any atom is 0.141 e. The topological polar surface area (TPSA) is 45.1 Å². The SMILES string of the molecule is CC(NCC1(O)CCC(C)(C)CC1)c1cncc(F)c1. The summed E-state index contributed by atoms with van der Waals surface area (Å²) in [7, 11) is 0. The summed E-state index contributed by atoms with van der Waals surface area (Å²) in [6, 6.07) is 1.47. The van der Waals surface area contributed by atoms with Crippen molar-refractivity contribution in [2.24, 2.45) is 5.41 Å². The van der Waals surface area contributed by atoms with Crippen LogP contribution in [0.5, 0.6) is 0 Å². The van der Waals surface area contributed by atoms with Crippen LogP contribution in [0, 0.1) is 11.2 Å². The lowest BCUT2D eigenvalue weighted by Gasteiger charge is -2.40. The van der Waals surface area contributed by atoms with Crippen LogP contribution >= 0.6 is 0 Å². The minimum atomic E-state index is -0.634. The Balaban J connectivity index is 1.89. The summed E-state index contributed by atoms with van der Waals surface area (Å²) in [5.74, 6) is -0.325. The molecular weight excluding hydrogens is 255 g/mol. The summed E-state index contributed by atoms with van der Waals surface area (Å²) in [4.78, 5) is 3.86. The van der Waals surface area contributed by atoms with Gasteiger partial charge in [-0.25, -0.2) is 4.39 Å². The molecule has 0 amide bonds. The average Bonchev–Trinajstić information content (AvgIpc) is 2.40. The molecule has 0 bridgehead atoms. The second-order valence-corrected chi connectivity index (χ2v) is 6.93. The van der Waals surface area contributed by atoms with Gasteiger partial charge in [-0.1, -0.05) is 13.8 Å². The predicted octanol–water partition coefficient (Wildman–Crippen LogP) is 3.20. The van der Waals surface area contributed by atoms with Gasteiger partial charge in [0, 0.05) is 18.8 Å². The second kappa shape index (κ2) is 5.78. The molecule has 1 fully saturated rings. The summed E-state index contributed by atoms with van der Waals surface area (Å²) in [6.07, 6.45) is 6.59.